The maximum Gasteiger partial charge on any atom is 0.159 e. The van der Waals surface area contributed by atoms with Crippen molar-refractivity contribution in [3.05, 3.63) is 11.6 Å². The normalized spacial score (nSPS) is 53.9. The van der Waals surface area contributed by atoms with Crippen LogP contribution < -0.4 is 0 Å². The molecule has 8 atom stereocenters. The highest BCUT2D eigenvalue weighted by molar-refractivity contribution is 5.95. The average molecular weight is 441 g/mol. The SMILES string of the molecule is CC1(C)CC[C@]2(C)CC[C@]3(C)C(=CC(=O)C4[C@@]5(C)CC[C@H](O)C(C)(C)C5CC[C@]43C)C2C1. The number of carbonyl (C=O) groups is 1. The van der Waals surface area contributed by atoms with Crippen LogP contribution in [0.4, 0.5) is 0 Å². The van der Waals surface area contributed by atoms with Gasteiger partial charge >= 0.3 is 0 Å². The molecular formula is C30H48O2. The zero-order valence-electron chi connectivity index (χ0n) is 22.1. The van der Waals surface area contributed by atoms with Crippen LogP contribution in [0.5, 0.6) is 0 Å². The summed E-state index contributed by atoms with van der Waals surface area (Å²) in [6.07, 6.45) is 12.4. The first kappa shape index (κ1) is 23.1. The molecule has 0 radical (unpaired) electrons. The molecule has 0 aliphatic heterocycles. The quantitative estimate of drug-likeness (QED) is 0.427. The monoisotopic (exact) mass is 440 g/mol. The van der Waals surface area contributed by atoms with Crippen molar-refractivity contribution < 1.29 is 9.90 Å². The van der Waals surface area contributed by atoms with E-state index in [0.717, 1.165) is 25.7 Å². The first-order valence-corrected chi connectivity index (χ1v) is 13.5. The summed E-state index contributed by atoms with van der Waals surface area (Å²) in [4.78, 5) is 14.2. The van der Waals surface area contributed by atoms with Crippen LogP contribution in [-0.2, 0) is 4.79 Å². The summed E-state index contributed by atoms with van der Waals surface area (Å²) >= 11 is 0. The van der Waals surface area contributed by atoms with Crippen LogP contribution >= 0.6 is 0 Å². The Labute approximate surface area is 197 Å². The molecule has 0 amide bonds. The van der Waals surface area contributed by atoms with E-state index in [1.165, 1.54) is 37.7 Å². The second kappa shape index (κ2) is 6.52. The van der Waals surface area contributed by atoms with E-state index in [1.54, 1.807) is 0 Å². The molecule has 3 unspecified atom stereocenters. The Morgan fingerprint density at radius 3 is 2.19 bits per heavy atom. The lowest BCUT2D eigenvalue weighted by Gasteiger charge is -2.70. The predicted molar refractivity (Wildman–Crippen MR) is 131 cm³/mol. The van der Waals surface area contributed by atoms with Crippen molar-refractivity contribution in [2.24, 2.45) is 50.2 Å². The van der Waals surface area contributed by atoms with Gasteiger partial charge in [0.25, 0.3) is 0 Å². The number of carbonyl (C=O) groups excluding carboxylic acids is 1. The van der Waals surface area contributed by atoms with Crippen LogP contribution in [0.15, 0.2) is 11.6 Å². The Bertz CT molecular complexity index is 866. The lowest BCUT2D eigenvalue weighted by atomic mass is 9.33. The average Bonchev–Trinajstić information content (AvgIpc) is 2.68. The van der Waals surface area contributed by atoms with Gasteiger partial charge in [-0.2, -0.15) is 0 Å². The van der Waals surface area contributed by atoms with Crippen LogP contribution in [-0.4, -0.2) is 17.0 Å². The van der Waals surface area contributed by atoms with Gasteiger partial charge in [0.15, 0.2) is 5.78 Å². The summed E-state index contributed by atoms with van der Waals surface area (Å²) in [6, 6.07) is 0. The van der Waals surface area contributed by atoms with Crippen molar-refractivity contribution in [1.29, 1.82) is 0 Å². The lowest BCUT2D eigenvalue weighted by Crippen LogP contribution is -2.66. The zero-order valence-corrected chi connectivity index (χ0v) is 22.1. The molecular weight excluding hydrogens is 392 g/mol. The summed E-state index contributed by atoms with van der Waals surface area (Å²) in [5, 5.41) is 10.9. The third-order valence-electron chi connectivity index (χ3n) is 12.8. The topological polar surface area (TPSA) is 37.3 Å². The summed E-state index contributed by atoms with van der Waals surface area (Å²) in [6.45, 7) is 19.4. The minimum atomic E-state index is -0.245. The Kier molecular flexibility index (Phi) is 4.71. The van der Waals surface area contributed by atoms with E-state index in [1.807, 2.05) is 0 Å². The fourth-order valence-electron chi connectivity index (χ4n) is 10.3. The number of aliphatic hydroxyl groups excluding tert-OH is 1. The minimum Gasteiger partial charge on any atom is -0.393 e. The van der Waals surface area contributed by atoms with Gasteiger partial charge in [0.1, 0.15) is 0 Å². The highest BCUT2D eigenvalue weighted by Gasteiger charge is 2.69. The maximum atomic E-state index is 14.2. The van der Waals surface area contributed by atoms with Crippen LogP contribution in [0.1, 0.15) is 113 Å². The molecule has 0 aromatic heterocycles. The van der Waals surface area contributed by atoms with Gasteiger partial charge in [-0.15, -0.1) is 0 Å². The van der Waals surface area contributed by atoms with Gasteiger partial charge in [-0.05, 0) is 108 Å². The van der Waals surface area contributed by atoms with Crippen molar-refractivity contribution in [1.82, 2.24) is 0 Å². The van der Waals surface area contributed by atoms with Crippen molar-refractivity contribution in [2.45, 2.75) is 119 Å². The van der Waals surface area contributed by atoms with E-state index in [4.69, 9.17) is 0 Å². The fourth-order valence-corrected chi connectivity index (χ4v) is 10.3. The maximum absolute atomic E-state index is 14.2. The molecule has 5 rings (SSSR count). The molecule has 0 aromatic carbocycles. The molecule has 4 fully saturated rings. The summed E-state index contributed by atoms with van der Waals surface area (Å²) < 4.78 is 0. The Hall–Kier alpha value is -0.630. The van der Waals surface area contributed by atoms with Crippen LogP contribution in [0.2, 0.25) is 0 Å². The molecule has 0 heterocycles. The largest absolute Gasteiger partial charge is 0.393 e. The number of ketones is 1. The van der Waals surface area contributed by atoms with E-state index in [9.17, 15) is 9.90 Å². The van der Waals surface area contributed by atoms with Gasteiger partial charge in [0.2, 0.25) is 0 Å². The predicted octanol–water partition coefficient (Wildman–Crippen LogP) is 7.35. The molecule has 0 aromatic rings. The standard InChI is InChI=1S/C30H48O2/c1-25(2)13-14-27(5)15-16-29(7)19(20(27)18-25)17-21(31)24-28(6)11-10-23(32)26(3,4)22(28)9-12-30(24,29)8/h17,20,22-24,32H,9-16,18H2,1-8H3/t20?,22?,23-,24?,27+,28-,29+,30+/m0/s1. The Morgan fingerprint density at radius 1 is 0.844 bits per heavy atom. The summed E-state index contributed by atoms with van der Waals surface area (Å²) in [5.74, 6) is 1.49. The second-order valence-corrected chi connectivity index (χ2v) is 15.2. The van der Waals surface area contributed by atoms with Gasteiger partial charge in [0.05, 0.1) is 6.10 Å². The van der Waals surface area contributed by atoms with Crippen LogP contribution in [0, 0.1) is 50.2 Å². The number of fused-ring (bicyclic) bond motifs is 7. The molecule has 0 bridgehead atoms. The Balaban J connectivity index is 1.63. The van der Waals surface area contributed by atoms with E-state index < -0.39 is 0 Å². The summed E-state index contributed by atoms with van der Waals surface area (Å²) in [7, 11) is 0. The number of hydrogen-bond acceptors (Lipinski definition) is 2. The third-order valence-corrected chi connectivity index (χ3v) is 12.8. The van der Waals surface area contributed by atoms with E-state index >= 15 is 0 Å². The molecule has 0 spiro atoms. The van der Waals surface area contributed by atoms with E-state index in [0.29, 0.717) is 28.4 Å². The highest BCUT2D eigenvalue weighted by Crippen LogP contribution is 2.75. The minimum absolute atomic E-state index is 0.00948. The number of allylic oxidation sites excluding steroid dienone is 2. The molecule has 2 heteroatoms. The van der Waals surface area contributed by atoms with Crippen molar-refractivity contribution in [3.63, 3.8) is 0 Å². The van der Waals surface area contributed by atoms with Crippen molar-refractivity contribution >= 4 is 5.78 Å². The van der Waals surface area contributed by atoms with Gasteiger partial charge in [0, 0.05) is 5.92 Å². The zero-order chi connectivity index (χ0) is 23.5. The van der Waals surface area contributed by atoms with Crippen LogP contribution in [0.25, 0.3) is 0 Å². The smallest absolute Gasteiger partial charge is 0.159 e. The first-order chi connectivity index (χ1) is 14.6. The van der Waals surface area contributed by atoms with Crippen molar-refractivity contribution in [3.8, 4) is 0 Å². The molecule has 1 N–H and O–H groups in total. The van der Waals surface area contributed by atoms with Crippen molar-refractivity contribution in [2.75, 3.05) is 0 Å². The number of hydrogen-bond donors (Lipinski definition) is 1. The van der Waals surface area contributed by atoms with Crippen LogP contribution in [0.3, 0.4) is 0 Å². The molecule has 2 nitrogen and oxygen atoms in total. The molecule has 32 heavy (non-hydrogen) atoms. The number of rotatable bonds is 0. The van der Waals surface area contributed by atoms with Gasteiger partial charge in [-0.1, -0.05) is 61.0 Å². The molecule has 5 aliphatic carbocycles. The van der Waals surface area contributed by atoms with E-state index in [-0.39, 0.29) is 33.7 Å². The molecule has 180 valence electrons. The van der Waals surface area contributed by atoms with Gasteiger partial charge in [-0.25, -0.2) is 0 Å². The van der Waals surface area contributed by atoms with Gasteiger partial charge < -0.3 is 5.11 Å². The third kappa shape index (κ3) is 2.71. The highest BCUT2D eigenvalue weighted by atomic mass is 16.3. The Morgan fingerprint density at radius 2 is 1.50 bits per heavy atom. The lowest BCUT2D eigenvalue weighted by molar-refractivity contribution is -0.202. The molecule has 5 aliphatic rings. The summed E-state index contributed by atoms with van der Waals surface area (Å²) in [5.41, 5.74) is 2.29. The van der Waals surface area contributed by atoms with Gasteiger partial charge in [-0.3, -0.25) is 4.79 Å². The fraction of sp³-hybridized carbons (Fsp3) is 0.900. The molecule has 4 saturated carbocycles. The molecule has 0 saturated heterocycles. The van der Waals surface area contributed by atoms with E-state index in [2.05, 4.69) is 61.5 Å². The second-order valence-electron chi connectivity index (χ2n) is 15.2. The number of aliphatic hydroxyl groups is 1. The first-order valence-electron chi connectivity index (χ1n) is 13.5.